The lowest BCUT2D eigenvalue weighted by atomic mass is 10.0. The van der Waals surface area contributed by atoms with Gasteiger partial charge in [0.15, 0.2) is 29.0 Å². The number of carboxylic acid groups (broad SMARTS) is 1. The maximum Gasteiger partial charge on any atom is 0.482 e. The summed E-state index contributed by atoms with van der Waals surface area (Å²) in [7, 11) is 0. The van der Waals surface area contributed by atoms with E-state index in [4.69, 9.17) is 0 Å². The van der Waals surface area contributed by atoms with Gasteiger partial charge in [-0.1, -0.05) is 0 Å². The minimum Gasteiger partial charge on any atom is -0.480 e. The van der Waals surface area contributed by atoms with E-state index in [9.17, 15) is 54.6 Å². The predicted molar refractivity (Wildman–Crippen MR) is 102 cm³/mol. The first-order valence-electron chi connectivity index (χ1n) is 10.0. The van der Waals surface area contributed by atoms with Crippen LogP contribution in [0.4, 0.5) is 40.8 Å². The minimum absolute atomic E-state index is 0.0421. The van der Waals surface area contributed by atoms with E-state index in [-0.39, 0.29) is 30.4 Å². The van der Waals surface area contributed by atoms with E-state index in [1.165, 1.54) is 0 Å². The van der Waals surface area contributed by atoms with E-state index in [1.54, 1.807) is 0 Å². The second-order valence-electron chi connectivity index (χ2n) is 7.84. The van der Waals surface area contributed by atoms with Crippen LogP contribution in [0.15, 0.2) is 12.1 Å². The topological polar surface area (TPSA) is 87.2 Å². The third kappa shape index (κ3) is 3.87. The van der Waals surface area contributed by atoms with Gasteiger partial charge < -0.3 is 14.7 Å². The largest absolute Gasteiger partial charge is 0.482 e. The lowest BCUT2D eigenvalue weighted by Crippen LogP contribution is -2.54. The van der Waals surface area contributed by atoms with Crippen molar-refractivity contribution in [1.82, 2.24) is 4.90 Å². The second-order valence-corrected chi connectivity index (χ2v) is 7.84. The summed E-state index contributed by atoms with van der Waals surface area (Å²) in [6, 6.07) is -0.885. The van der Waals surface area contributed by atoms with Gasteiger partial charge in [0.1, 0.15) is 18.4 Å². The Morgan fingerprint density at radius 1 is 1.00 bits per heavy atom. The number of ether oxygens (including phenoxy) is 1. The van der Waals surface area contributed by atoms with Crippen LogP contribution in [0, 0.1) is 34.9 Å². The molecule has 0 saturated carbocycles. The zero-order chi connectivity index (χ0) is 26.7. The fraction of sp³-hybridized carbons (Fsp3) is 0.286. The van der Waals surface area contributed by atoms with Gasteiger partial charge in [-0.2, -0.15) is 8.78 Å². The summed E-state index contributed by atoms with van der Waals surface area (Å²) in [4.78, 5) is 37.2. The highest BCUT2D eigenvalue weighted by atomic mass is 19.3. The molecule has 2 aliphatic heterocycles. The predicted octanol–water partition coefficient (Wildman–Crippen LogP) is 3.58. The molecule has 192 valence electrons. The molecule has 0 unspecified atom stereocenters. The standard InChI is InChI=1S/C21H12F8N2O5/c22-8-5-11-10(4-7(8)13-14(23)16(25)18(27)17(26)15(13)24)31(20(35)21(28,29)36-11)6-12(32)30-3-1-2-9(30)19(33)34/h4-5,9H,1-3,6H2,(H,33,34)/t9-/m1/s1. The molecule has 1 N–H and O–H groups in total. The van der Waals surface area contributed by atoms with Crippen LogP contribution in [0.2, 0.25) is 0 Å². The Kier molecular flexibility index (Phi) is 6.04. The molecule has 2 aromatic carbocycles. The third-order valence-corrected chi connectivity index (χ3v) is 5.70. The monoisotopic (exact) mass is 524 g/mol. The molecule has 0 bridgehead atoms. The van der Waals surface area contributed by atoms with Crippen LogP contribution in [-0.2, 0) is 14.4 Å². The highest BCUT2D eigenvalue weighted by Gasteiger charge is 2.52. The van der Waals surface area contributed by atoms with Crippen molar-refractivity contribution in [3.8, 4) is 16.9 Å². The molecular weight excluding hydrogens is 512 g/mol. The fourth-order valence-electron chi connectivity index (χ4n) is 4.02. The minimum atomic E-state index is -4.64. The Bertz CT molecular complexity index is 1290. The Hall–Kier alpha value is -3.91. The third-order valence-electron chi connectivity index (χ3n) is 5.70. The summed E-state index contributed by atoms with van der Waals surface area (Å²) in [5, 5.41) is 9.23. The number of alkyl halides is 2. The highest BCUT2D eigenvalue weighted by Crippen LogP contribution is 2.44. The Morgan fingerprint density at radius 3 is 2.17 bits per heavy atom. The number of hydrogen-bond donors (Lipinski definition) is 1. The maximum absolute atomic E-state index is 14.7. The van der Waals surface area contributed by atoms with Crippen LogP contribution < -0.4 is 9.64 Å². The van der Waals surface area contributed by atoms with Crippen molar-refractivity contribution in [2.24, 2.45) is 0 Å². The smallest absolute Gasteiger partial charge is 0.480 e. The van der Waals surface area contributed by atoms with Crippen molar-refractivity contribution in [2.75, 3.05) is 18.0 Å². The van der Waals surface area contributed by atoms with Gasteiger partial charge in [0.05, 0.1) is 11.3 Å². The maximum atomic E-state index is 14.7. The molecule has 1 saturated heterocycles. The van der Waals surface area contributed by atoms with E-state index >= 15 is 0 Å². The molecule has 0 aromatic heterocycles. The Balaban J connectivity index is 1.84. The van der Waals surface area contributed by atoms with Crippen LogP contribution in [0.25, 0.3) is 11.1 Å². The van der Waals surface area contributed by atoms with Crippen molar-refractivity contribution in [2.45, 2.75) is 25.0 Å². The number of fused-ring (bicyclic) bond motifs is 1. The zero-order valence-corrected chi connectivity index (χ0v) is 17.6. The Morgan fingerprint density at radius 2 is 1.58 bits per heavy atom. The first-order chi connectivity index (χ1) is 16.8. The average Bonchev–Trinajstić information content (AvgIpc) is 3.31. The van der Waals surface area contributed by atoms with Crippen LogP contribution in [0.5, 0.6) is 5.75 Å². The molecule has 15 heteroatoms. The average molecular weight is 524 g/mol. The van der Waals surface area contributed by atoms with E-state index in [0.29, 0.717) is 6.07 Å². The summed E-state index contributed by atoms with van der Waals surface area (Å²) in [5.74, 6) is -19.8. The van der Waals surface area contributed by atoms with Crippen molar-refractivity contribution >= 4 is 23.5 Å². The molecule has 0 aliphatic carbocycles. The molecule has 2 aliphatic rings. The van der Waals surface area contributed by atoms with Gasteiger partial charge in [0.25, 0.3) is 0 Å². The lowest BCUT2D eigenvalue weighted by molar-refractivity contribution is -0.193. The molecule has 2 heterocycles. The number of rotatable bonds is 4. The number of anilines is 1. The molecule has 2 aromatic rings. The van der Waals surface area contributed by atoms with Gasteiger partial charge >= 0.3 is 18.0 Å². The number of carboxylic acids is 1. The molecule has 0 spiro atoms. The molecule has 7 nitrogen and oxygen atoms in total. The summed E-state index contributed by atoms with van der Waals surface area (Å²) in [6.07, 6.45) is -4.34. The fourth-order valence-corrected chi connectivity index (χ4v) is 4.02. The summed E-state index contributed by atoms with van der Waals surface area (Å²) in [5.41, 5.74) is -3.93. The number of amides is 2. The molecule has 2 amide bonds. The van der Waals surface area contributed by atoms with E-state index in [1.807, 2.05) is 0 Å². The van der Waals surface area contributed by atoms with Crippen molar-refractivity contribution < 1.29 is 59.4 Å². The number of aliphatic carboxylic acids is 1. The summed E-state index contributed by atoms with van der Waals surface area (Å²) >= 11 is 0. The normalized spacial score (nSPS) is 18.8. The van der Waals surface area contributed by atoms with Crippen LogP contribution in [0.1, 0.15) is 12.8 Å². The van der Waals surface area contributed by atoms with Crippen LogP contribution in [-0.4, -0.2) is 53.0 Å². The van der Waals surface area contributed by atoms with Gasteiger partial charge in [-0.25, -0.2) is 31.1 Å². The number of nitrogens with zero attached hydrogens (tertiary/aromatic N) is 2. The van der Waals surface area contributed by atoms with Crippen LogP contribution >= 0.6 is 0 Å². The van der Waals surface area contributed by atoms with Gasteiger partial charge in [0, 0.05) is 18.2 Å². The number of hydrogen-bond acceptors (Lipinski definition) is 4. The van der Waals surface area contributed by atoms with Crippen molar-refractivity contribution in [3.63, 3.8) is 0 Å². The molecule has 0 radical (unpaired) electrons. The van der Waals surface area contributed by atoms with E-state index in [2.05, 4.69) is 4.74 Å². The first-order valence-corrected chi connectivity index (χ1v) is 10.0. The number of carbonyl (C=O) groups is 3. The number of halogens is 8. The zero-order valence-electron chi connectivity index (χ0n) is 17.6. The van der Waals surface area contributed by atoms with Gasteiger partial charge in [0.2, 0.25) is 11.7 Å². The molecule has 4 rings (SSSR count). The first kappa shape index (κ1) is 25.2. The van der Waals surface area contributed by atoms with Crippen molar-refractivity contribution in [1.29, 1.82) is 0 Å². The van der Waals surface area contributed by atoms with E-state index < -0.39 is 93.9 Å². The quantitative estimate of drug-likeness (QED) is 0.376. The van der Waals surface area contributed by atoms with Gasteiger partial charge in [-0.05, 0) is 18.9 Å². The molecular formula is C21H12F8N2O5. The van der Waals surface area contributed by atoms with Crippen molar-refractivity contribution in [3.05, 3.63) is 47.0 Å². The Labute approximate surface area is 195 Å². The molecule has 1 fully saturated rings. The molecule has 36 heavy (non-hydrogen) atoms. The number of likely N-dealkylation sites (tertiary alicyclic amines) is 1. The number of benzene rings is 2. The number of carbonyl (C=O) groups excluding carboxylic acids is 2. The van der Waals surface area contributed by atoms with E-state index in [0.717, 1.165) is 4.90 Å². The lowest BCUT2D eigenvalue weighted by Gasteiger charge is -2.34. The second kappa shape index (κ2) is 8.64. The molecule has 1 atom stereocenters. The highest BCUT2D eigenvalue weighted by molar-refractivity contribution is 6.05. The van der Waals surface area contributed by atoms with Gasteiger partial charge in [-0.3, -0.25) is 14.5 Å². The summed E-state index contributed by atoms with van der Waals surface area (Å²) in [6.45, 7) is -1.31. The van der Waals surface area contributed by atoms with Crippen LogP contribution in [0.3, 0.4) is 0 Å². The SMILES string of the molecule is O=C(O)[C@H]1CCCN1C(=O)CN1C(=O)C(F)(F)Oc2cc(F)c(-c3c(F)c(F)c(F)c(F)c3F)cc21. The van der Waals surface area contributed by atoms with Gasteiger partial charge in [-0.15, -0.1) is 0 Å². The summed E-state index contributed by atoms with van der Waals surface area (Å²) < 4.78 is 117.